The van der Waals surface area contributed by atoms with Crippen molar-refractivity contribution < 1.29 is 13.5 Å². The Bertz CT molecular complexity index is 420. The van der Waals surface area contributed by atoms with Crippen molar-refractivity contribution in [1.82, 2.24) is 0 Å². The van der Waals surface area contributed by atoms with Crippen molar-refractivity contribution in [2.75, 3.05) is 6.61 Å². The third-order valence-corrected chi connectivity index (χ3v) is 7.48. The van der Waals surface area contributed by atoms with Gasteiger partial charge in [0.2, 0.25) is 0 Å². The molecule has 0 unspecified atom stereocenters. The molecule has 0 aromatic rings. The molecule has 2 rings (SSSR count). The van der Waals surface area contributed by atoms with Crippen LogP contribution < -0.4 is 0 Å². The highest BCUT2D eigenvalue weighted by Gasteiger charge is 2.36. The van der Waals surface area contributed by atoms with E-state index in [-0.39, 0.29) is 18.9 Å². The Hall–Kier alpha value is -0.440. The van der Waals surface area contributed by atoms with Gasteiger partial charge < -0.3 is 4.74 Å². The first-order chi connectivity index (χ1) is 14.0. The van der Waals surface area contributed by atoms with Gasteiger partial charge in [0.25, 0.3) is 0 Å². The fourth-order valence-electron chi connectivity index (χ4n) is 5.44. The molecule has 0 amide bonds. The SMILES string of the molecule is C=CCCC1CCC(CC(F)(F)OCC2CCC(CCCCCCC)CC2)CC1. The molecule has 1 nitrogen and oxygen atoms in total. The van der Waals surface area contributed by atoms with Crippen LogP contribution in [-0.2, 0) is 4.74 Å². The lowest BCUT2D eigenvalue weighted by atomic mass is 9.78. The smallest absolute Gasteiger partial charge is 0.320 e. The van der Waals surface area contributed by atoms with Gasteiger partial charge in [-0.25, -0.2) is 0 Å². The summed E-state index contributed by atoms with van der Waals surface area (Å²) in [5.74, 6) is 2.01. The van der Waals surface area contributed by atoms with E-state index in [1.54, 1.807) is 0 Å². The molecule has 0 aromatic carbocycles. The Morgan fingerprint density at radius 3 is 1.97 bits per heavy atom. The van der Waals surface area contributed by atoms with Crippen LogP contribution in [0.4, 0.5) is 8.78 Å². The van der Waals surface area contributed by atoms with E-state index in [0.717, 1.165) is 50.9 Å². The molecule has 170 valence electrons. The van der Waals surface area contributed by atoms with Crippen LogP contribution in [0.25, 0.3) is 0 Å². The molecule has 29 heavy (non-hydrogen) atoms. The molecular weight excluding hydrogens is 366 g/mol. The highest BCUT2D eigenvalue weighted by atomic mass is 19.3. The van der Waals surface area contributed by atoms with Gasteiger partial charge in [0, 0.05) is 6.42 Å². The number of allylic oxidation sites excluding steroid dienone is 1. The van der Waals surface area contributed by atoms with Crippen molar-refractivity contribution in [3.63, 3.8) is 0 Å². The summed E-state index contributed by atoms with van der Waals surface area (Å²) in [6.07, 6.45) is 17.9. The quantitative estimate of drug-likeness (QED) is 0.204. The number of ether oxygens (including phenoxy) is 1. The van der Waals surface area contributed by atoms with E-state index in [4.69, 9.17) is 4.74 Å². The summed E-state index contributed by atoms with van der Waals surface area (Å²) in [7, 11) is 0. The predicted octanol–water partition coefficient (Wildman–Crippen LogP) is 8.93. The van der Waals surface area contributed by atoms with Gasteiger partial charge in [0.15, 0.2) is 0 Å². The lowest BCUT2D eigenvalue weighted by molar-refractivity contribution is -0.256. The first kappa shape index (κ1) is 24.8. The van der Waals surface area contributed by atoms with Gasteiger partial charge in [0.1, 0.15) is 0 Å². The minimum atomic E-state index is -2.94. The second-order valence-electron chi connectivity index (χ2n) is 9.99. The van der Waals surface area contributed by atoms with Gasteiger partial charge in [-0.2, -0.15) is 8.78 Å². The highest BCUT2D eigenvalue weighted by Crippen LogP contribution is 2.39. The maximum absolute atomic E-state index is 14.4. The molecule has 2 aliphatic carbocycles. The summed E-state index contributed by atoms with van der Waals surface area (Å²) in [5.41, 5.74) is 0. The van der Waals surface area contributed by atoms with Crippen molar-refractivity contribution in [2.24, 2.45) is 23.7 Å². The van der Waals surface area contributed by atoms with E-state index in [1.165, 1.54) is 57.8 Å². The molecule has 0 aromatic heterocycles. The molecular formula is C26H46F2O. The molecule has 2 aliphatic rings. The van der Waals surface area contributed by atoms with Gasteiger partial charge >= 0.3 is 6.11 Å². The minimum Gasteiger partial charge on any atom is -0.320 e. The average molecular weight is 413 g/mol. The van der Waals surface area contributed by atoms with Gasteiger partial charge in [0.05, 0.1) is 6.61 Å². The molecule has 0 spiro atoms. The second-order valence-corrected chi connectivity index (χ2v) is 9.99. The number of alkyl halides is 2. The summed E-state index contributed by atoms with van der Waals surface area (Å²) in [5, 5.41) is 0. The molecule has 2 fully saturated rings. The second kappa shape index (κ2) is 13.8. The molecule has 0 bridgehead atoms. The third kappa shape index (κ3) is 10.4. The van der Waals surface area contributed by atoms with Crippen LogP contribution in [0.2, 0.25) is 0 Å². The van der Waals surface area contributed by atoms with Crippen molar-refractivity contribution in [3.8, 4) is 0 Å². The van der Waals surface area contributed by atoms with E-state index in [0.29, 0.717) is 11.8 Å². The van der Waals surface area contributed by atoms with Gasteiger partial charge in [-0.3, -0.25) is 0 Å². The highest BCUT2D eigenvalue weighted by molar-refractivity contribution is 4.78. The van der Waals surface area contributed by atoms with Crippen LogP contribution in [0, 0.1) is 23.7 Å². The van der Waals surface area contributed by atoms with E-state index < -0.39 is 6.11 Å². The summed E-state index contributed by atoms with van der Waals surface area (Å²) >= 11 is 0. The number of unbranched alkanes of at least 4 members (excludes halogenated alkanes) is 4. The van der Waals surface area contributed by atoms with E-state index in [2.05, 4.69) is 13.5 Å². The number of halogens is 2. The maximum Gasteiger partial charge on any atom is 0.356 e. The van der Waals surface area contributed by atoms with Crippen molar-refractivity contribution in [3.05, 3.63) is 12.7 Å². The zero-order chi connectivity index (χ0) is 21.0. The normalized spacial score (nSPS) is 28.4. The maximum atomic E-state index is 14.4. The van der Waals surface area contributed by atoms with Crippen LogP contribution in [0.5, 0.6) is 0 Å². The fourth-order valence-corrected chi connectivity index (χ4v) is 5.44. The molecule has 0 atom stereocenters. The molecule has 2 saturated carbocycles. The van der Waals surface area contributed by atoms with Crippen LogP contribution in [-0.4, -0.2) is 12.7 Å². The lowest BCUT2D eigenvalue weighted by Crippen LogP contribution is -2.30. The first-order valence-corrected chi connectivity index (χ1v) is 12.6. The van der Waals surface area contributed by atoms with E-state index in [1.807, 2.05) is 6.08 Å². The monoisotopic (exact) mass is 412 g/mol. The van der Waals surface area contributed by atoms with Crippen LogP contribution in [0.1, 0.15) is 116 Å². The number of hydrogen-bond acceptors (Lipinski definition) is 1. The fraction of sp³-hybridized carbons (Fsp3) is 0.923. The van der Waals surface area contributed by atoms with Gasteiger partial charge in [-0.05, 0) is 62.2 Å². The summed E-state index contributed by atoms with van der Waals surface area (Å²) in [6, 6.07) is 0. The molecule has 0 aliphatic heterocycles. The van der Waals surface area contributed by atoms with Crippen molar-refractivity contribution in [1.29, 1.82) is 0 Å². The van der Waals surface area contributed by atoms with Crippen LogP contribution in [0.15, 0.2) is 12.7 Å². The minimum absolute atomic E-state index is 0.0751. The largest absolute Gasteiger partial charge is 0.356 e. The molecule has 0 saturated heterocycles. The summed E-state index contributed by atoms with van der Waals surface area (Å²) < 4.78 is 33.9. The molecule has 3 heteroatoms. The molecule has 0 radical (unpaired) electrons. The van der Waals surface area contributed by atoms with Gasteiger partial charge in [-0.15, -0.1) is 6.58 Å². The number of hydrogen-bond donors (Lipinski definition) is 0. The van der Waals surface area contributed by atoms with Crippen LogP contribution in [0.3, 0.4) is 0 Å². The summed E-state index contributed by atoms with van der Waals surface area (Å²) in [4.78, 5) is 0. The standard InChI is InChI=1S/C26H46F2O/c1-3-5-7-8-9-11-23-14-18-25(19-15-23)21-29-26(27,28)20-24-16-12-22(13-17-24)10-6-4-2/h4,22-25H,2-3,5-21H2,1H3. The third-order valence-electron chi connectivity index (χ3n) is 7.48. The van der Waals surface area contributed by atoms with Crippen LogP contribution >= 0.6 is 0 Å². The molecule has 0 heterocycles. The number of rotatable bonds is 14. The lowest BCUT2D eigenvalue weighted by Gasteiger charge is -2.32. The van der Waals surface area contributed by atoms with Crippen molar-refractivity contribution in [2.45, 2.75) is 122 Å². The van der Waals surface area contributed by atoms with Crippen molar-refractivity contribution >= 4 is 0 Å². The Morgan fingerprint density at radius 1 is 0.793 bits per heavy atom. The van der Waals surface area contributed by atoms with E-state index >= 15 is 0 Å². The Labute approximate surface area is 179 Å². The zero-order valence-corrected chi connectivity index (χ0v) is 19.0. The average Bonchev–Trinajstić information content (AvgIpc) is 2.72. The summed E-state index contributed by atoms with van der Waals surface area (Å²) in [6.45, 7) is 6.29. The Balaban J connectivity index is 1.55. The Morgan fingerprint density at radius 2 is 1.34 bits per heavy atom. The molecule has 0 N–H and O–H groups in total. The zero-order valence-electron chi connectivity index (χ0n) is 19.0. The van der Waals surface area contributed by atoms with E-state index in [9.17, 15) is 8.78 Å². The first-order valence-electron chi connectivity index (χ1n) is 12.6. The topological polar surface area (TPSA) is 9.23 Å². The van der Waals surface area contributed by atoms with Gasteiger partial charge in [-0.1, -0.05) is 77.2 Å². The predicted molar refractivity (Wildman–Crippen MR) is 119 cm³/mol. The Kier molecular flexibility index (Phi) is 11.8.